The molecule has 0 amide bonds. The predicted molar refractivity (Wildman–Crippen MR) is 125 cm³/mol. The summed E-state index contributed by atoms with van der Waals surface area (Å²) < 4.78 is 122. The van der Waals surface area contributed by atoms with E-state index >= 15 is 0 Å². The summed E-state index contributed by atoms with van der Waals surface area (Å²) in [6, 6.07) is 6.71. The normalized spacial score (nSPS) is 15.3. The largest absolute Gasteiger partial charge is 0.464 e. The molecule has 0 aliphatic heterocycles. The molecule has 0 radical (unpaired) electrons. The molecule has 14 heteroatoms. The Kier molecular flexibility index (Phi) is 7.03. The number of aryl methyl sites for hydroxylation is 1. The van der Waals surface area contributed by atoms with Crippen LogP contribution in [0.3, 0.4) is 0 Å². The van der Waals surface area contributed by atoms with Gasteiger partial charge in [-0.2, -0.15) is 0 Å². The van der Waals surface area contributed by atoms with Crippen LogP contribution < -0.4 is 9.46 Å². The number of rotatable bonds is 8. The van der Waals surface area contributed by atoms with E-state index in [0.29, 0.717) is 22.3 Å². The average Bonchev–Trinajstić information content (AvgIpc) is 3.20. The van der Waals surface area contributed by atoms with E-state index < -0.39 is 78.9 Å². The number of fused-ring (bicyclic) bond motifs is 1. The first kappa shape index (κ1) is 26.9. The van der Waals surface area contributed by atoms with Crippen molar-refractivity contribution in [3.05, 3.63) is 71.1 Å². The molecular formula is C23H22F4N2O6S2. The van der Waals surface area contributed by atoms with Crippen LogP contribution in [0.25, 0.3) is 0 Å². The van der Waals surface area contributed by atoms with E-state index in [2.05, 4.69) is 4.74 Å². The van der Waals surface area contributed by atoms with E-state index in [1.54, 1.807) is 6.92 Å². The summed E-state index contributed by atoms with van der Waals surface area (Å²) >= 11 is 0. The van der Waals surface area contributed by atoms with E-state index in [-0.39, 0.29) is 17.3 Å². The first-order valence-electron chi connectivity index (χ1n) is 10.8. The van der Waals surface area contributed by atoms with Crippen molar-refractivity contribution in [1.29, 1.82) is 0 Å². The highest BCUT2D eigenvalue weighted by Crippen LogP contribution is 2.39. The summed E-state index contributed by atoms with van der Waals surface area (Å²) in [6.45, 7) is 1.34. The van der Waals surface area contributed by atoms with Gasteiger partial charge in [0.1, 0.15) is 4.90 Å². The maximum atomic E-state index is 14.6. The lowest BCUT2D eigenvalue weighted by Crippen LogP contribution is -2.29. The smallest absolute Gasteiger partial charge is 0.267 e. The zero-order valence-corrected chi connectivity index (χ0v) is 21.2. The van der Waals surface area contributed by atoms with Crippen molar-refractivity contribution in [3.8, 4) is 5.75 Å². The highest BCUT2D eigenvalue weighted by Gasteiger charge is 2.41. The number of anilines is 1. The number of halogens is 4. The van der Waals surface area contributed by atoms with Crippen molar-refractivity contribution in [2.24, 2.45) is 0 Å². The van der Waals surface area contributed by atoms with E-state index in [0.717, 1.165) is 5.56 Å². The molecule has 8 nitrogen and oxygen atoms in total. The third-order valence-electron chi connectivity index (χ3n) is 5.78. The van der Waals surface area contributed by atoms with Gasteiger partial charge >= 0.3 is 0 Å². The van der Waals surface area contributed by atoms with Gasteiger partial charge in [0, 0.05) is 37.6 Å². The van der Waals surface area contributed by atoms with Crippen LogP contribution in [0.1, 0.15) is 23.2 Å². The second-order valence-electron chi connectivity index (χ2n) is 8.48. The minimum atomic E-state index is -4.74. The molecular weight excluding hydrogens is 540 g/mol. The molecule has 3 aromatic rings. The number of nitrogens with zero attached hydrogens (tertiary/aromatic N) is 1. The number of nitrogens with one attached hydrogen (secondary N) is 1. The average molecular weight is 563 g/mol. The number of hydrogen-bond donors (Lipinski definition) is 1. The Morgan fingerprint density at radius 2 is 1.73 bits per heavy atom. The number of aromatic nitrogens is 1. The van der Waals surface area contributed by atoms with Crippen molar-refractivity contribution in [2.75, 3.05) is 18.6 Å². The zero-order chi connectivity index (χ0) is 27.2. The lowest BCUT2D eigenvalue weighted by atomic mass is 9.95. The number of ether oxygens (including phenoxy) is 2. The van der Waals surface area contributed by atoms with Gasteiger partial charge < -0.3 is 9.47 Å². The summed E-state index contributed by atoms with van der Waals surface area (Å²) in [5.41, 5.74) is -0.575. The summed E-state index contributed by atoms with van der Waals surface area (Å²) in [7, 11) is -7.94. The van der Waals surface area contributed by atoms with Gasteiger partial charge in [0.2, 0.25) is 0 Å². The highest BCUT2D eigenvalue weighted by molar-refractivity contribution is 7.93. The summed E-state index contributed by atoms with van der Waals surface area (Å²) in [4.78, 5) is -0.866. The molecule has 1 aliphatic rings. The third-order valence-corrected chi connectivity index (χ3v) is 8.91. The van der Waals surface area contributed by atoms with Crippen molar-refractivity contribution in [1.82, 2.24) is 3.97 Å². The Balaban J connectivity index is 1.80. The Labute approximate surface area is 210 Å². The molecule has 0 saturated carbocycles. The van der Waals surface area contributed by atoms with Gasteiger partial charge in [0.25, 0.3) is 26.0 Å². The molecule has 37 heavy (non-hydrogen) atoms. The minimum Gasteiger partial charge on any atom is -0.464 e. The van der Waals surface area contributed by atoms with E-state index in [1.165, 1.54) is 31.4 Å². The summed E-state index contributed by atoms with van der Waals surface area (Å²) in [5, 5.41) is 0. The number of alkyl halides is 2. The topological polar surface area (TPSA) is 104 Å². The first-order valence-corrected chi connectivity index (χ1v) is 13.7. The third kappa shape index (κ3) is 5.31. The van der Waals surface area contributed by atoms with Crippen LogP contribution in [-0.4, -0.2) is 40.6 Å². The molecule has 1 aliphatic carbocycles. The maximum Gasteiger partial charge on any atom is 0.267 e. The Hall–Kier alpha value is -3.10. The van der Waals surface area contributed by atoms with Gasteiger partial charge in [-0.1, -0.05) is 17.7 Å². The van der Waals surface area contributed by atoms with Crippen molar-refractivity contribution < 1.29 is 43.9 Å². The van der Waals surface area contributed by atoms with Crippen LogP contribution in [0.15, 0.2) is 52.4 Å². The Bertz CT molecular complexity index is 1550. The molecule has 0 bridgehead atoms. The number of benzene rings is 2. The number of methoxy groups -OCH3 is 1. The van der Waals surface area contributed by atoms with Crippen LogP contribution in [0, 0.1) is 18.6 Å². The maximum absolute atomic E-state index is 14.6. The SMILES string of the molecule is COCOc1cc(F)c(NS(=O)(=O)c2cn(S(=O)(=O)c3ccc(C)cc3)c3c2CCC(F)(F)C3)cc1F. The molecule has 1 heterocycles. The molecule has 0 fully saturated rings. The molecule has 1 aromatic heterocycles. The van der Waals surface area contributed by atoms with E-state index in [4.69, 9.17) is 4.74 Å². The van der Waals surface area contributed by atoms with Crippen LogP contribution in [0.4, 0.5) is 23.2 Å². The van der Waals surface area contributed by atoms with Crippen molar-refractivity contribution in [3.63, 3.8) is 0 Å². The molecule has 4 rings (SSSR count). The molecule has 200 valence electrons. The lowest BCUT2D eigenvalue weighted by molar-refractivity contribution is -0.0135. The first-order chi connectivity index (χ1) is 17.2. The highest BCUT2D eigenvalue weighted by atomic mass is 32.2. The minimum absolute atomic E-state index is 0.143. The monoisotopic (exact) mass is 562 g/mol. The van der Waals surface area contributed by atoms with Crippen LogP contribution in [0.2, 0.25) is 0 Å². The fourth-order valence-electron chi connectivity index (χ4n) is 3.94. The van der Waals surface area contributed by atoms with Crippen LogP contribution in [0.5, 0.6) is 5.75 Å². The van der Waals surface area contributed by atoms with Gasteiger partial charge in [0.15, 0.2) is 24.2 Å². The fraction of sp³-hybridized carbons (Fsp3) is 0.304. The second kappa shape index (κ2) is 9.65. The second-order valence-corrected chi connectivity index (χ2v) is 11.9. The lowest BCUT2D eigenvalue weighted by Gasteiger charge is -2.24. The molecule has 0 spiro atoms. The van der Waals surface area contributed by atoms with Crippen LogP contribution >= 0.6 is 0 Å². The van der Waals surface area contributed by atoms with Crippen LogP contribution in [-0.2, 0) is 37.6 Å². The summed E-state index contributed by atoms with van der Waals surface area (Å²) in [6.07, 6.45) is -1.47. The molecule has 0 atom stereocenters. The number of hydrogen-bond acceptors (Lipinski definition) is 6. The van der Waals surface area contributed by atoms with Gasteiger partial charge in [-0.3, -0.25) is 4.72 Å². The molecule has 2 aromatic carbocycles. The quantitative estimate of drug-likeness (QED) is 0.326. The van der Waals surface area contributed by atoms with E-state index in [9.17, 15) is 34.4 Å². The van der Waals surface area contributed by atoms with Crippen molar-refractivity contribution >= 4 is 25.7 Å². The Morgan fingerprint density at radius 3 is 2.38 bits per heavy atom. The Morgan fingerprint density at radius 1 is 1.05 bits per heavy atom. The number of sulfonamides is 1. The van der Waals surface area contributed by atoms with E-state index in [1.807, 2.05) is 4.72 Å². The van der Waals surface area contributed by atoms with Gasteiger partial charge in [-0.25, -0.2) is 38.4 Å². The van der Waals surface area contributed by atoms with Gasteiger partial charge in [-0.15, -0.1) is 0 Å². The standard InChI is InChI=1S/C23H22F4N2O6S2/c1-14-3-5-15(6-4-14)37(32,33)29-12-22(16-7-8-23(26,27)11-20(16)29)36(30,31)28-19-9-18(25)21(10-17(19)24)35-13-34-2/h3-6,9-10,12,28H,7-8,11,13H2,1-2H3. The van der Waals surface area contributed by atoms with Gasteiger partial charge in [0.05, 0.1) is 17.0 Å². The molecule has 1 N–H and O–H groups in total. The van der Waals surface area contributed by atoms with Crippen molar-refractivity contribution in [2.45, 2.75) is 41.9 Å². The predicted octanol–water partition coefficient (Wildman–Crippen LogP) is 4.22. The summed E-state index contributed by atoms with van der Waals surface area (Å²) in [5.74, 6) is -6.09. The zero-order valence-electron chi connectivity index (χ0n) is 19.6. The molecule has 0 unspecified atom stereocenters. The van der Waals surface area contributed by atoms with Gasteiger partial charge in [-0.05, 0) is 31.0 Å². The molecule has 0 saturated heterocycles. The fourth-order valence-corrected chi connectivity index (χ4v) is 6.77.